The molecule has 0 unspecified atom stereocenters. The van der Waals surface area contributed by atoms with Crippen LogP contribution in [0.5, 0.6) is 0 Å². The molecule has 1 aromatic carbocycles. The molecule has 36 heavy (non-hydrogen) atoms. The van der Waals surface area contributed by atoms with Crippen molar-refractivity contribution in [2.24, 2.45) is 7.05 Å². The Bertz CT molecular complexity index is 1410. The van der Waals surface area contributed by atoms with E-state index >= 15 is 0 Å². The number of benzene rings is 1. The summed E-state index contributed by atoms with van der Waals surface area (Å²) in [5.74, 6) is -1.15. The van der Waals surface area contributed by atoms with E-state index in [1.54, 1.807) is 29.3 Å². The summed E-state index contributed by atoms with van der Waals surface area (Å²) < 4.78 is 60.9. The largest absolute Gasteiger partial charge is 0.401 e. The van der Waals surface area contributed by atoms with E-state index in [0.29, 0.717) is 23.4 Å². The van der Waals surface area contributed by atoms with Crippen LogP contribution in [0.15, 0.2) is 53.4 Å². The Balaban J connectivity index is 1.22. The summed E-state index contributed by atoms with van der Waals surface area (Å²) in [4.78, 5) is 21.0. The summed E-state index contributed by atoms with van der Waals surface area (Å²) >= 11 is 0. The van der Waals surface area contributed by atoms with E-state index < -0.39 is 23.3 Å². The molecule has 12 heteroatoms. The molecule has 0 atom stereocenters. The molecule has 186 valence electrons. The predicted octanol–water partition coefficient (Wildman–Crippen LogP) is 4.37. The number of carbonyl (C=O) groups is 1. The van der Waals surface area contributed by atoms with E-state index in [1.807, 2.05) is 13.1 Å². The zero-order valence-electron chi connectivity index (χ0n) is 19.0. The molecule has 0 bridgehead atoms. The molecule has 1 N–H and O–H groups in total. The van der Waals surface area contributed by atoms with E-state index in [-0.39, 0.29) is 36.4 Å². The molecule has 1 aliphatic carbocycles. The second-order valence-corrected chi connectivity index (χ2v) is 8.70. The van der Waals surface area contributed by atoms with Crippen molar-refractivity contribution in [2.75, 3.05) is 5.32 Å². The molecule has 3 aromatic heterocycles. The lowest BCUT2D eigenvalue weighted by Gasteiger charge is -2.14. The Kier molecular flexibility index (Phi) is 5.81. The number of aromatic nitrogens is 5. The molecular weight excluding hydrogens is 480 g/mol. The van der Waals surface area contributed by atoms with Gasteiger partial charge in [0.15, 0.2) is 11.6 Å². The van der Waals surface area contributed by atoms with Gasteiger partial charge in [0.1, 0.15) is 17.1 Å². The minimum atomic E-state index is -4.46. The molecule has 0 radical (unpaired) electrons. The average molecular weight is 500 g/mol. The van der Waals surface area contributed by atoms with Gasteiger partial charge >= 0.3 is 6.18 Å². The zero-order valence-corrected chi connectivity index (χ0v) is 19.0. The van der Waals surface area contributed by atoms with Crippen molar-refractivity contribution in [1.82, 2.24) is 24.9 Å². The SMILES string of the molecule is Cn1nccc1Cc1ncc(-c2ccc(CC(=O)Nc3cc(C4(C(F)(F)F)CC4)on3)c(F)c2)cn1. The number of rotatable bonds is 7. The number of anilines is 1. The Morgan fingerprint density at radius 2 is 1.89 bits per heavy atom. The Labute approximate surface area is 202 Å². The first-order valence-corrected chi connectivity index (χ1v) is 11.0. The van der Waals surface area contributed by atoms with E-state index in [2.05, 4.69) is 25.5 Å². The van der Waals surface area contributed by atoms with Crippen LogP contribution < -0.4 is 5.32 Å². The standard InChI is InChI=1S/C24H20F4N6O2/c1-34-17(4-7-31-34)10-20-29-12-16(13-30-20)14-2-3-15(18(25)8-14)9-22(35)32-21-11-19(36-33-21)23(5-6-23)24(26,27)28/h2-4,7-8,11-13H,5-6,9-10H2,1H3,(H,32,33,35). The third-order valence-electron chi connectivity index (χ3n) is 6.25. The van der Waals surface area contributed by atoms with Gasteiger partial charge in [0.05, 0.1) is 6.42 Å². The van der Waals surface area contributed by atoms with Gasteiger partial charge in [-0.3, -0.25) is 9.48 Å². The van der Waals surface area contributed by atoms with Crippen LogP contribution in [-0.2, 0) is 30.1 Å². The maximum Gasteiger partial charge on any atom is 0.401 e. The normalized spacial score (nSPS) is 14.6. The third kappa shape index (κ3) is 4.58. The molecule has 1 fully saturated rings. The molecular formula is C24H20F4N6O2. The number of alkyl halides is 3. The van der Waals surface area contributed by atoms with E-state index in [4.69, 9.17) is 4.52 Å². The van der Waals surface area contributed by atoms with E-state index in [0.717, 1.165) is 11.8 Å². The van der Waals surface area contributed by atoms with Crippen molar-refractivity contribution in [3.63, 3.8) is 0 Å². The quantitative estimate of drug-likeness (QED) is 0.379. The number of amides is 1. The number of nitrogens with one attached hydrogen (secondary N) is 1. The maximum atomic E-state index is 14.7. The Morgan fingerprint density at radius 1 is 1.14 bits per heavy atom. The summed E-state index contributed by atoms with van der Waals surface area (Å²) in [5, 5.41) is 9.97. The maximum absolute atomic E-state index is 14.7. The topological polar surface area (TPSA) is 98.7 Å². The highest BCUT2D eigenvalue weighted by molar-refractivity contribution is 5.91. The minimum absolute atomic E-state index is 0.0885. The average Bonchev–Trinajstić information content (AvgIpc) is 3.39. The summed E-state index contributed by atoms with van der Waals surface area (Å²) in [6.07, 6.45) is 0.411. The van der Waals surface area contributed by atoms with Crippen LogP contribution in [0.1, 0.15) is 35.7 Å². The van der Waals surface area contributed by atoms with Gasteiger partial charge in [-0.1, -0.05) is 17.3 Å². The summed E-state index contributed by atoms with van der Waals surface area (Å²) in [6, 6.07) is 7.31. The third-order valence-corrected chi connectivity index (χ3v) is 6.25. The molecule has 0 saturated heterocycles. The number of hydrogen-bond acceptors (Lipinski definition) is 6. The van der Waals surface area contributed by atoms with E-state index in [9.17, 15) is 22.4 Å². The second kappa shape index (κ2) is 8.85. The fourth-order valence-electron chi connectivity index (χ4n) is 3.92. The fourth-order valence-corrected chi connectivity index (χ4v) is 3.92. The minimum Gasteiger partial charge on any atom is -0.358 e. The lowest BCUT2D eigenvalue weighted by atomic mass is 10.0. The van der Waals surface area contributed by atoms with Crippen molar-refractivity contribution in [3.8, 4) is 11.1 Å². The first kappa shape index (κ1) is 23.6. The highest BCUT2D eigenvalue weighted by Crippen LogP contribution is 2.59. The van der Waals surface area contributed by atoms with Crippen molar-refractivity contribution in [3.05, 3.63) is 77.6 Å². The van der Waals surface area contributed by atoms with Gasteiger partial charge in [-0.25, -0.2) is 14.4 Å². The van der Waals surface area contributed by atoms with Crippen molar-refractivity contribution in [1.29, 1.82) is 0 Å². The van der Waals surface area contributed by atoms with Crippen molar-refractivity contribution < 1.29 is 26.9 Å². The van der Waals surface area contributed by atoms with Gasteiger partial charge in [-0.05, 0) is 36.1 Å². The van der Waals surface area contributed by atoms with Gasteiger partial charge in [0, 0.05) is 49.4 Å². The Hall–Kier alpha value is -4.09. The lowest BCUT2D eigenvalue weighted by molar-refractivity contribution is -0.165. The predicted molar refractivity (Wildman–Crippen MR) is 119 cm³/mol. The van der Waals surface area contributed by atoms with Crippen LogP contribution in [0.25, 0.3) is 11.1 Å². The molecule has 3 heterocycles. The number of hydrogen-bond donors (Lipinski definition) is 1. The van der Waals surface area contributed by atoms with Crippen LogP contribution in [-0.4, -0.2) is 37.0 Å². The van der Waals surface area contributed by atoms with Crippen molar-refractivity contribution in [2.45, 2.75) is 37.3 Å². The molecule has 0 aliphatic heterocycles. The second-order valence-electron chi connectivity index (χ2n) is 8.70. The van der Waals surface area contributed by atoms with Gasteiger partial charge in [-0.15, -0.1) is 0 Å². The number of nitrogens with zero attached hydrogens (tertiary/aromatic N) is 5. The molecule has 1 saturated carbocycles. The van der Waals surface area contributed by atoms with Crippen LogP contribution in [0.4, 0.5) is 23.4 Å². The van der Waals surface area contributed by atoms with Gasteiger partial charge in [0.2, 0.25) is 5.91 Å². The molecule has 4 aromatic rings. The first-order chi connectivity index (χ1) is 17.1. The molecule has 5 rings (SSSR count). The highest BCUT2D eigenvalue weighted by atomic mass is 19.4. The molecule has 1 aliphatic rings. The van der Waals surface area contributed by atoms with E-state index in [1.165, 1.54) is 12.1 Å². The summed E-state index contributed by atoms with van der Waals surface area (Å²) in [5.41, 5.74) is 0.165. The van der Waals surface area contributed by atoms with Gasteiger partial charge in [0.25, 0.3) is 0 Å². The zero-order chi connectivity index (χ0) is 25.5. The van der Waals surface area contributed by atoms with Crippen LogP contribution in [0, 0.1) is 5.82 Å². The molecule has 1 amide bonds. The summed E-state index contributed by atoms with van der Waals surface area (Å²) in [7, 11) is 1.83. The summed E-state index contributed by atoms with van der Waals surface area (Å²) in [6.45, 7) is 0. The van der Waals surface area contributed by atoms with Crippen LogP contribution in [0.2, 0.25) is 0 Å². The Morgan fingerprint density at radius 3 is 2.50 bits per heavy atom. The highest BCUT2D eigenvalue weighted by Gasteiger charge is 2.66. The van der Waals surface area contributed by atoms with Crippen LogP contribution >= 0.6 is 0 Å². The van der Waals surface area contributed by atoms with Gasteiger partial charge < -0.3 is 9.84 Å². The van der Waals surface area contributed by atoms with Crippen LogP contribution in [0.3, 0.4) is 0 Å². The van der Waals surface area contributed by atoms with Crippen molar-refractivity contribution >= 4 is 11.7 Å². The van der Waals surface area contributed by atoms with Gasteiger partial charge in [-0.2, -0.15) is 18.3 Å². The number of aryl methyl sites for hydroxylation is 1. The first-order valence-electron chi connectivity index (χ1n) is 11.0. The number of halogens is 4. The molecule has 0 spiro atoms. The fraction of sp³-hybridized carbons (Fsp3) is 0.292. The molecule has 8 nitrogen and oxygen atoms in total. The smallest absolute Gasteiger partial charge is 0.358 e. The number of carbonyl (C=O) groups excluding carboxylic acids is 1. The lowest BCUT2D eigenvalue weighted by Crippen LogP contribution is -2.28. The monoisotopic (exact) mass is 500 g/mol.